The first kappa shape index (κ1) is 20.9. The van der Waals surface area contributed by atoms with Crippen LogP contribution in [0.1, 0.15) is 36.8 Å². The second-order valence-electron chi connectivity index (χ2n) is 6.88. The van der Waals surface area contributed by atoms with Crippen LogP contribution in [-0.2, 0) is 11.4 Å². The molecule has 2 unspecified atom stereocenters. The molecule has 1 heterocycles. The number of benzene rings is 2. The maximum atomic E-state index is 12.4. The zero-order chi connectivity index (χ0) is 20.6. The fraction of sp³-hybridized carbons (Fsp3) is 0.318. The molecule has 2 aromatic carbocycles. The summed E-state index contributed by atoms with van der Waals surface area (Å²) < 4.78 is 11.2. The summed E-state index contributed by atoms with van der Waals surface area (Å²) in [7, 11) is 0. The Morgan fingerprint density at radius 1 is 1.14 bits per heavy atom. The van der Waals surface area contributed by atoms with Crippen LogP contribution in [-0.4, -0.2) is 27.9 Å². The number of rotatable bonds is 9. The summed E-state index contributed by atoms with van der Waals surface area (Å²) in [5.41, 5.74) is 2.31. The van der Waals surface area contributed by atoms with E-state index < -0.39 is 0 Å². The molecule has 0 bridgehead atoms. The van der Waals surface area contributed by atoms with Crippen LogP contribution < -0.4 is 10.1 Å². The summed E-state index contributed by atoms with van der Waals surface area (Å²) >= 11 is 1.24. The minimum Gasteiger partial charge on any atom is -0.484 e. The van der Waals surface area contributed by atoms with Crippen LogP contribution in [0, 0.1) is 6.92 Å². The molecule has 0 saturated carbocycles. The second-order valence-corrected chi connectivity index (χ2v) is 8.18. The van der Waals surface area contributed by atoms with Gasteiger partial charge in [0.25, 0.3) is 11.1 Å². The summed E-state index contributed by atoms with van der Waals surface area (Å²) in [5.74, 6) is 1.30. The van der Waals surface area contributed by atoms with E-state index in [9.17, 15) is 4.79 Å². The molecule has 1 aromatic heterocycles. The van der Waals surface area contributed by atoms with Crippen LogP contribution >= 0.6 is 11.8 Å². The number of thioether (sulfide) groups is 1. The predicted octanol–water partition coefficient (Wildman–Crippen LogP) is 4.36. The third-order valence-electron chi connectivity index (χ3n) is 4.40. The molecule has 152 valence electrons. The van der Waals surface area contributed by atoms with Gasteiger partial charge in [0.2, 0.25) is 5.91 Å². The van der Waals surface area contributed by atoms with Gasteiger partial charge in [0.1, 0.15) is 5.75 Å². The Morgan fingerprint density at radius 3 is 2.69 bits per heavy atom. The molecule has 3 rings (SSSR count). The van der Waals surface area contributed by atoms with Gasteiger partial charge in [-0.1, -0.05) is 61.2 Å². The number of ether oxygens (including phenoxy) is 1. The number of aryl methyl sites for hydroxylation is 1. The molecule has 0 aliphatic heterocycles. The maximum absolute atomic E-state index is 12.4. The Balaban J connectivity index is 1.45. The first-order chi connectivity index (χ1) is 14.0. The monoisotopic (exact) mass is 411 g/mol. The Labute approximate surface area is 175 Å². The van der Waals surface area contributed by atoms with Crippen molar-refractivity contribution < 1.29 is 13.9 Å². The first-order valence-corrected chi connectivity index (χ1v) is 10.4. The highest BCUT2D eigenvalue weighted by molar-refractivity contribution is 8.00. The van der Waals surface area contributed by atoms with Gasteiger partial charge in [-0.2, -0.15) is 0 Å². The van der Waals surface area contributed by atoms with Gasteiger partial charge in [-0.05, 0) is 43.0 Å². The lowest BCUT2D eigenvalue weighted by Gasteiger charge is -2.15. The van der Waals surface area contributed by atoms with Gasteiger partial charge in [0.05, 0.1) is 5.25 Å². The summed E-state index contributed by atoms with van der Waals surface area (Å²) in [6.45, 7) is 6.67. The minimum absolute atomic E-state index is 0.0615. The highest BCUT2D eigenvalue weighted by atomic mass is 32.2. The molecule has 29 heavy (non-hydrogen) atoms. The third kappa shape index (κ3) is 6.35. The lowest BCUT2D eigenvalue weighted by atomic mass is 10.0. The molecule has 6 nitrogen and oxygen atoms in total. The van der Waals surface area contributed by atoms with E-state index in [1.807, 2.05) is 56.3 Å². The molecule has 0 aliphatic carbocycles. The van der Waals surface area contributed by atoms with Gasteiger partial charge < -0.3 is 14.5 Å². The highest BCUT2D eigenvalue weighted by Crippen LogP contribution is 2.23. The van der Waals surface area contributed by atoms with E-state index in [-0.39, 0.29) is 23.7 Å². The Kier molecular flexibility index (Phi) is 7.30. The average Bonchev–Trinajstić information content (AvgIpc) is 3.18. The number of nitrogens with one attached hydrogen (secondary N) is 1. The zero-order valence-electron chi connectivity index (χ0n) is 16.8. The molecule has 0 aliphatic rings. The Morgan fingerprint density at radius 2 is 1.93 bits per heavy atom. The molecule has 0 spiro atoms. The topological polar surface area (TPSA) is 77.2 Å². The molecule has 2 atom stereocenters. The summed E-state index contributed by atoms with van der Waals surface area (Å²) in [6, 6.07) is 17.9. The zero-order valence-corrected chi connectivity index (χ0v) is 17.6. The van der Waals surface area contributed by atoms with Crippen LogP contribution in [0.4, 0.5) is 0 Å². The Bertz CT molecular complexity index is 930. The van der Waals surface area contributed by atoms with Gasteiger partial charge >= 0.3 is 0 Å². The van der Waals surface area contributed by atoms with Crippen molar-refractivity contribution in [3.8, 4) is 5.75 Å². The van der Waals surface area contributed by atoms with Crippen molar-refractivity contribution in [2.24, 2.45) is 0 Å². The van der Waals surface area contributed by atoms with Crippen LogP contribution in [0.3, 0.4) is 0 Å². The standard InChI is InChI=1S/C22H25N3O3S/c1-15-8-7-11-19(12-15)27-14-20-24-25-22(28-20)29-17(3)21(26)23-13-16(2)18-9-5-4-6-10-18/h4-12,16-17H,13-14H2,1-3H3,(H,23,26). The molecule has 1 amide bonds. The quantitative estimate of drug-likeness (QED) is 0.527. The summed E-state index contributed by atoms with van der Waals surface area (Å²) in [5, 5.41) is 11.0. The van der Waals surface area contributed by atoms with Crippen LogP contribution in [0.25, 0.3) is 0 Å². The van der Waals surface area contributed by atoms with E-state index in [0.29, 0.717) is 17.7 Å². The van der Waals surface area contributed by atoms with Crippen LogP contribution in [0.2, 0.25) is 0 Å². The van der Waals surface area contributed by atoms with Gasteiger partial charge in [-0.3, -0.25) is 4.79 Å². The second kappa shape index (κ2) is 10.1. The van der Waals surface area contributed by atoms with E-state index in [1.165, 1.54) is 17.3 Å². The first-order valence-electron chi connectivity index (χ1n) is 9.52. The van der Waals surface area contributed by atoms with Crippen molar-refractivity contribution >= 4 is 17.7 Å². The molecule has 0 saturated heterocycles. The fourth-order valence-electron chi connectivity index (χ4n) is 2.70. The van der Waals surface area contributed by atoms with Crippen molar-refractivity contribution in [3.05, 3.63) is 71.6 Å². The molecular weight excluding hydrogens is 386 g/mol. The van der Waals surface area contributed by atoms with E-state index >= 15 is 0 Å². The van der Waals surface area contributed by atoms with Gasteiger partial charge in [0.15, 0.2) is 6.61 Å². The molecule has 7 heteroatoms. The minimum atomic E-state index is -0.344. The lowest BCUT2D eigenvalue weighted by molar-refractivity contribution is -0.120. The normalized spacial score (nSPS) is 12.9. The Hall–Kier alpha value is -2.80. The van der Waals surface area contributed by atoms with Gasteiger partial charge in [-0.25, -0.2) is 0 Å². The fourth-order valence-corrected chi connectivity index (χ4v) is 3.42. The van der Waals surface area contributed by atoms with Crippen LogP contribution in [0.5, 0.6) is 5.75 Å². The molecular formula is C22H25N3O3S. The van der Waals surface area contributed by atoms with Crippen molar-refractivity contribution in [2.45, 2.75) is 43.8 Å². The van der Waals surface area contributed by atoms with E-state index in [2.05, 4.69) is 34.6 Å². The van der Waals surface area contributed by atoms with Gasteiger partial charge in [0, 0.05) is 6.54 Å². The number of carbonyl (C=O) groups excluding carboxylic acids is 1. The highest BCUT2D eigenvalue weighted by Gasteiger charge is 2.19. The van der Waals surface area contributed by atoms with Crippen molar-refractivity contribution in [1.82, 2.24) is 15.5 Å². The van der Waals surface area contributed by atoms with Crippen molar-refractivity contribution in [2.75, 3.05) is 6.54 Å². The van der Waals surface area contributed by atoms with Crippen LogP contribution in [0.15, 0.2) is 64.2 Å². The number of carbonyl (C=O) groups is 1. The molecule has 3 aromatic rings. The third-order valence-corrected chi connectivity index (χ3v) is 5.33. The number of nitrogens with zero attached hydrogens (tertiary/aromatic N) is 2. The van der Waals surface area contributed by atoms with Crippen molar-refractivity contribution in [3.63, 3.8) is 0 Å². The number of aromatic nitrogens is 2. The smallest absolute Gasteiger partial charge is 0.277 e. The molecule has 1 N–H and O–H groups in total. The van der Waals surface area contributed by atoms with Crippen molar-refractivity contribution in [1.29, 1.82) is 0 Å². The SMILES string of the molecule is Cc1cccc(OCc2nnc(SC(C)C(=O)NCC(C)c3ccccc3)o2)c1. The number of hydrogen-bond donors (Lipinski definition) is 1. The maximum Gasteiger partial charge on any atom is 0.277 e. The number of amides is 1. The average molecular weight is 412 g/mol. The van der Waals surface area contributed by atoms with Gasteiger partial charge in [-0.15, -0.1) is 10.2 Å². The van der Waals surface area contributed by atoms with E-state index in [4.69, 9.17) is 9.15 Å². The summed E-state index contributed by atoms with van der Waals surface area (Å²) in [6.07, 6.45) is 0. The van der Waals surface area contributed by atoms with E-state index in [1.54, 1.807) is 0 Å². The largest absolute Gasteiger partial charge is 0.484 e. The number of hydrogen-bond acceptors (Lipinski definition) is 6. The summed E-state index contributed by atoms with van der Waals surface area (Å²) in [4.78, 5) is 12.4. The molecule has 0 radical (unpaired) electrons. The molecule has 0 fully saturated rings. The van der Waals surface area contributed by atoms with E-state index in [0.717, 1.165) is 11.3 Å². The predicted molar refractivity (Wildman–Crippen MR) is 113 cm³/mol. The lowest BCUT2D eigenvalue weighted by Crippen LogP contribution is -2.33.